The van der Waals surface area contributed by atoms with E-state index >= 15 is 0 Å². The Balaban J connectivity index is 3.29. The minimum atomic E-state index is -1.37. The molecule has 0 bridgehead atoms. The average molecular weight is 253 g/mol. The van der Waals surface area contributed by atoms with Crippen molar-refractivity contribution in [2.24, 2.45) is 0 Å². The van der Waals surface area contributed by atoms with Crippen LogP contribution in [-0.2, 0) is 9.59 Å². The number of hydrogen-bond donors (Lipinski definition) is 3. The van der Waals surface area contributed by atoms with Crippen molar-refractivity contribution in [2.45, 2.75) is 6.92 Å². The fourth-order valence-electron chi connectivity index (χ4n) is 1.22. The van der Waals surface area contributed by atoms with E-state index in [0.29, 0.717) is 0 Å². The number of carboxylic acid groups (broad SMARTS) is 1. The van der Waals surface area contributed by atoms with E-state index in [1.54, 1.807) is 0 Å². The number of rotatable bonds is 4. The summed E-state index contributed by atoms with van der Waals surface area (Å²) in [7, 11) is 1.30. The highest BCUT2D eigenvalue weighted by Crippen LogP contribution is 2.32. The van der Waals surface area contributed by atoms with Crippen LogP contribution < -0.4 is 10.1 Å². The number of phenols is 1. The van der Waals surface area contributed by atoms with Gasteiger partial charge in [-0.15, -0.1) is 0 Å². The standard InChI is InChI=1S/C11H11NO6/c1-5(13)10(15)12-9-7(11(16)17)3-6(18-2)4-8(9)14/h3-4,14H,1-2H3,(H,12,15)(H,16,17). The van der Waals surface area contributed by atoms with Gasteiger partial charge in [0.2, 0.25) is 5.78 Å². The molecule has 1 aromatic carbocycles. The maximum atomic E-state index is 11.2. The number of hydrogen-bond acceptors (Lipinski definition) is 5. The lowest BCUT2D eigenvalue weighted by Crippen LogP contribution is -2.21. The van der Waals surface area contributed by atoms with Crippen LogP contribution in [0.5, 0.6) is 11.5 Å². The number of carboxylic acids is 1. The maximum Gasteiger partial charge on any atom is 0.338 e. The third-order valence-electron chi connectivity index (χ3n) is 2.12. The fourth-order valence-corrected chi connectivity index (χ4v) is 1.22. The quantitative estimate of drug-likeness (QED) is 0.535. The van der Waals surface area contributed by atoms with Gasteiger partial charge in [0.1, 0.15) is 11.5 Å². The predicted octanol–water partition coefficient (Wildman–Crippen LogP) is 0.626. The summed E-state index contributed by atoms with van der Waals surface area (Å²) in [6.45, 7) is 1.02. The average Bonchev–Trinajstić information content (AvgIpc) is 2.30. The number of phenolic OH excluding ortho intramolecular Hbond substituents is 1. The molecule has 1 amide bonds. The molecule has 7 heteroatoms. The molecular weight excluding hydrogens is 242 g/mol. The van der Waals surface area contributed by atoms with Gasteiger partial charge in [-0.3, -0.25) is 9.59 Å². The first kappa shape index (κ1) is 13.5. The first-order valence-corrected chi connectivity index (χ1v) is 4.83. The van der Waals surface area contributed by atoms with Crippen molar-refractivity contribution in [3.05, 3.63) is 17.7 Å². The molecule has 0 aliphatic carbocycles. The predicted molar refractivity (Wildman–Crippen MR) is 60.9 cm³/mol. The van der Waals surface area contributed by atoms with Gasteiger partial charge in [0, 0.05) is 13.0 Å². The van der Waals surface area contributed by atoms with Crippen LogP contribution in [0.25, 0.3) is 0 Å². The van der Waals surface area contributed by atoms with Crippen molar-refractivity contribution in [1.82, 2.24) is 0 Å². The summed E-state index contributed by atoms with van der Waals surface area (Å²) >= 11 is 0. The van der Waals surface area contributed by atoms with Crippen LogP contribution in [0, 0.1) is 0 Å². The third-order valence-corrected chi connectivity index (χ3v) is 2.12. The van der Waals surface area contributed by atoms with Crippen molar-refractivity contribution in [3.63, 3.8) is 0 Å². The van der Waals surface area contributed by atoms with Crippen LogP contribution in [0.15, 0.2) is 12.1 Å². The van der Waals surface area contributed by atoms with Gasteiger partial charge in [-0.1, -0.05) is 0 Å². The summed E-state index contributed by atoms with van der Waals surface area (Å²) in [5, 5.41) is 20.6. The lowest BCUT2D eigenvalue weighted by Gasteiger charge is -2.11. The number of benzene rings is 1. The molecule has 0 spiro atoms. The number of aromatic carboxylic acids is 1. The SMILES string of the molecule is COc1cc(O)c(NC(=O)C(C)=O)c(C(=O)O)c1. The zero-order valence-corrected chi connectivity index (χ0v) is 9.68. The van der Waals surface area contributed by atoms with Crippen LogP contribution in [0.3, 0.4) is 0 Å². The number of amides is 1. The van der Waals surface area contributed by atoms with Crippen molar-refractivity contribution in [3.8, 4) is 11.5 Å². The van der Waals surface area contributed by atoms with E-state index in [2.05, 4.69) is 0 Å². The Hall–Kier alpha value is -2.57. The molecule has 18 heavy (non-hydrogen) atoms. The summed E-state index contributed by atoms with van der Waals surface area (Å²) in [5.41, 5.74) is -0.718. The molecule has 1 rings (SSSR count). The topological polar surface area (TPSA) is 113 Å². The Bertz CT molecular complexity index is 523. The molecule has 0 aromatic heterocycles. The summed E-state index contributed by atoms with van der Waals surface area (Å²) in [6, 6.07) is 2.25. The van der Waals surface area contributed by atoms with E-state index in [9.17, 15) is 19.5 Å². The lowest BCUT2D eigenvalue weighted by molar-refractivity contribution is -0.133. The first-order chi connectivity index (χ1) is 8.36. The number of Topliss-reactive ketones (excluding diaryl/α,β-unsaturated/α-hetero) is 1. The van der Waals surface area contributed by atoms with Crippen molar-refractivity contribution in [2.75, 3.05) is 12.4 Å². The first-order valence-electron chi connectivity index (χ1n) is 4.83. The van der Waals surface area contributed by atoms with E-state index in [-0.39, 0.29) is 17.0 Å². The number of carbonyl (C=O) groups is 3. The second-order valence-electron chi connectivity index (χ2n) is 3.38. The fraction of sp³-hybridized carbons (Fsp3) is 0.182. The largest absolute Gasteiger partial charge is 0.506 e. The van der Waals surface area contributed by atoms with E-state index in [1.807, 2.05) is 5.32 Å². The highest BCUT2D eigenvalue weighted by atomic mass is 16.5. The number of ketones is 1. The van der Waals surface area contributed by atoms with Gasteiger partial charge in [-0.2, -0.15) is 0 Å². The molecule has 0 unspecified atom stereocenters. The van der Waals surface area contributed by atoms with Crippen LogP contribution >= 0.6 is 0 Å². The molecule has 0 radical (unpaired) electrons. The monoisotopic (exact) mass is 253 g/mol. The second-order valence-corrected chi connectivity index (χ2v) is 3.38. The summed E-state index contributed by atoms with van der Waals surface area (Å²) in [6.07, 6.45) is 0. The van der Waals surface area contributed by atoms with Crippen molar-refractivity contribution < 1.29 is 29.3 Å². The minimum Gasteiger partial charge on any atom is -0.506 e. The molecule has 0 heterocycles. The molecule has 0 saturated heterocycles. The number of aromatic hydroxyl groups is 1. The molecule has 96 valence electrons. The lowest BCUT2D eigenvalue weighted by atomic mass is 10.1. The molecule has 0 saturated carbocycles. The number of nitrogens with one attached hydrogen (secondary N) is 1. The molecule has 0 aliphatic heterocycles. The van der Waals surface area contributed by atoms with Gasteiger partial charge in [0.25, 0.3) is 5.91 Å². The minimum absolute atomic E-state index is 0.116. The Kier molecular flexibility index (Phi) is 3.88. The van der Waals surface area contributed by atoms with E-state index in [4.69, 9.17) is 9.84 Å². The zero-order chi connectivity index (χ0) is 13.9. The Labute approximate surface area is 102 Å². The van der Waals surface area contributed by atoms with Gasteiger partial charge in [-0.05, 0) is 6.07 Å². The number of methoxy groups -OCH3 is 1. The Morgan fingerprint density at radius 3 is 2.33 bits per heavy atom. The van der Waals surface area contributed by atoms with Crippen molar-refractivity contribution in [1.29, 1.82) is 0 Å². The van der Waals surface area contributed by atoms with E-state index in [0.717, 1.165) is 19.1 Å². The Morgan fingerprint density at radius 1 is 1.28 bits per heavy atom. The Morgan fingerprint density at radius 2 is 1.89 bits per heavy atom. The van der Waals surface area contributed by atoms with E-state index in [1.165, 1.54) is 7.11 Å². The molecule has 3 N–H and O–H groups in total. The third kappa shape index (κ3) is 2.76. The van der Waals surface area contributed by atoms with Crippen LogP contribution in [0.1, 0.15) is 17.3 Å². The molecule has 0 atom stereocenters. The van der Waals surface area contributed by atoms with E-state index < -0.39 is 23.4 Å². The summed E-state index contributed by atoms with van der Waals surface area (Å²) in [4.78, 5) is 33.0. The molecule has 0 aliphatic rings. The maximum absolute atomic E-state index is 11.2. The molecular formula is C11H11NO6. The van der Waals surface area contributed by atoms with Crippen LogP contribution in [0.4, 0.5) is 5.69 Å². The normalized spacial score (nSPS) is 9.67. The van der Waals surface area contributed by atoms with Crippen molar-refractivity contribution >= 4 is 23.3 Å². The van der Waals surface area contributed by atoms with Gasteiger partial charge < -0.3 is 20.3 Å². The van der Waals surface area contributed by atoms with Gasteiger partial charge in [0.05, 0.1) is 18.4 Å². The molecule has 1 aromatic rings. The van der Waals surface area contributed by atoms with Gasteiger partial charge >= 0.3 is 5.97 Å². The molecule has 7 nitrogen and oxygen atoms in total. The number of ether oxygens (including phenoxy) is 1. The highest BCUT2D eigenvalue weighted by molar-refractivity contribution is 6.40. The highest BCUT2D eigenvalue weighted by Gasteiger charge is 2.20. The zero-order valence-electron chi connectivity index (χ0n) is 9.68. The molecule has 0 fully saturated rings. The second kappa shape index (κ2) is 5.17. The van der Waals surface area contributed by atoms with Gasteiger partial charge in [-0.25, -0.2) is 4.79 Å². The summed E-state index contributed by atoms with van der Waals surface area (Å²) < 4.78 is 4.79. The van der Waals surface area contributed by atoms with Crippen LogP contribution in [-0.4, -0.2) is 35.0 Å². The smallest absolute Gasteiger partial charge is 0.338 e. The van der Waals surface area contributed by atoms with Crippen LogP contribution in [0.2, 0.25) is 0 Å². The number of carbonyl (C=O) groups excluding carboxylic acids is 2. The van der Waals surface area contributed by atoms with Gasteiger partial charge in [0.15, 0.2) is 0 Å². The summed E-state index contributed by atoms with van der Waals surface area (Å²) in [5.74, 6) is -3.57. The number of anilines is 1.